The van der Waals surface area contributed by atoms with Gasteiger partial charge in [0.1, 0.15) is 0 Å². The van der Waals surface area contributed by atoms with Crippen molar-refractivity contribution in [2.24, 2.45) is 0 Å². The van der Waals surface area contributed by atoms with Gasteiger partial charge in [0, 0.05) is 5.69 Å². The van der Waals surface area contributed by atoms with Crippen LogP contribution in [0.3, 0.4) is 0 Å². The molecular formula is C20H21NO5. The third kappa shape index (κ3) is 5.17. The molecule has 1 amide bonds. The molecule has 2 rings (SSSR count). The Morgan fingerprint density at radius 2 is 1.65 bits per heavy atom. The molecule has 0 fully saturated rings. The van der Waals surface area contributed by atoms with Gasteiger partial charge in [0.2, 0.25) is 0 Å². The van der Waals surface area contributed by atoms with Gasteiger partial charge in [-0.1, -0.05) is 37.3 Å². The lowest BCUT2D eigenvalue weighted by Crippen LogP contribution is -2.23. The smallest absolute Gasteiger partial charge is 0.337 e. The first-order valence-electron chi connectivity index (χ1n) is 8.25. The minimum absolute atomic E-state index is 0.374. The zero-order chi connectivity index (χ0) is 18.9. The number of nitrogens with one attached hydrogen (secondary N) is 1. The summed E-state index contributed by atoms with van der Waals surface area (Å²) in [4.78, 5) is 35.6. The number of amides is 1. The molecule has 0 saturated carbocycles. The molecular weight excluding hydrogens is 334 g/mol. The van der Waals surface area contributed by atoms with Gasteiger partial charge in [-0.2, -0.15) is 0 Å². The number of carbonyl (C=O) groups excluding carboxylic acids is 3. The van der Waals surface area contributed by atoms with Gasteiger partial charge in [0.15, 0.2) is 6.61 Å². The molecule has 0 spiro atoms. The maximum absolute atomic E-state index is 12.2. The predicted octanol–water partition coefficient (Wildman–Crippen LogP) is 3.15. The van der Waals surface area contributed by atoms with Crippen LogP contribution < -0.4 is 5.32 Å². The van der Waals surface area contributed by atoms with E-state index in [1.807, 2.05) is 37.3 Å². The van der Waals surface area contributed by atoms with Crippen molar-refractivity contribution >= 4 is 23.5 Å². The van der Waals surface area contributed by atoms with Crippen LogP contribution in [0.2, 0.25) is 0 Å². The van der Waals surface area contributed by atoms with E-state index in [1.54, 1.807) is 12.1 Å². The summed E-state index contributed by atoms with van der Waals surface area (Å²) in [5.41, 5.74) is 1.73. The van der Waals surface area contributed by atoms with E-state index in [0.717, 1.165) is 5.56 Å². The summed E-state index contributed by atoms with van der Waals surface area (Å²) >= 11 is 0. The quantitative estimate of drug-likeness (QED) is 0.772. The van der Waals surface area contributed by atoms with E-state index in [9.17, 15) is 14.4 Å². The molecule has 0 aliphatic carbocycles. The number of carbonyl (C=O) groups is 3. The highest BCUT2D eigenvalue weighted by Gasteiger charge is 2.21. The molecule has 2 aromatic carbocycles. The van der Waals surface area contributed by atoms with E-state index in [1.165, 1.54) is 19.2 Å². The molecule has 2 aromatic rings. The molecule has 6 heteroatoms. The zero-order valence-electron chi connectivity index (χ0n) is 14.7. The Balaban J connectivity index is 1.87. The minimum atomic E-state index is -0.455. The molecule has 1 unspecified atom stereocenters. The van der Waals surface area contributed by atoms with Gasteiger partial charge in [0.05, 0.1) is 18.6 Å². The van der Waals surface area contributed by atoms with E-state index in [4.69, 9.17) is 4.74 Å². The van der Waals surface area contributed by atoms with Crippen LogP contribution in [-0.2, 0) is 19.1 Å². The SMILES string of the molecule is CCC(C(=O)OCC(=O)Nc1ccc(C(=O)OC)cc1)c1ccccc1. The van der Waals surface area contributed by atoms with E-state index < -0.39 is 23.8 Å². The van der Waals surface area contributed by atoms with Crippen molar-refractivity contribution in [2.45, 2.75) is 19.3 Å². The van der Waals surface area contributed by atoms with Crippen molar-refractivity contribution in [3.8, 4) is 0 Å². The van der Waals surface area contributed by atoms with Gasteiger partial charge >= 0.3 is 11.9 Å². The summed E-state index contributed by atoms with van der Waals surface area (Å²) in [7, 11) is 1.30. The lowest BCUT2D eigenvalue weighted by Gasteiger charge is -2.14. The highest BCUT2D eigenvalue weighted by Crippen LogP contribution is 2.20. The van der Waals surface area contributed by atoms with Crippen molar-refractivity contribution < 1.29 is 23.9 Å². The molecule has 1 N–H and O–H groups in total. The van der Waals surface area contributed by atoms with Gasteiger partial charge in [-0.15, -0.1) is 0 Å². The van der Waals surface area contributed by atoms with Crippen LogP contribution in [0.1, 0.15) is 35.2 Å². The average molecular weight is 355 g/mol. The van der Waals surface area contributed by atoms with Gasteiger partial charge < -0.3 is 14.8 Å². The van der Waals surface area contributed by atoms with Crippen molar-refractivity contribution in [1.29, 1.82) is 0 Å². The van der Waals surface area contributed by atoms with E-state index in [2.05, 4.69) is 10.1 Å². The summed E-state index contributed by atoms with van der Waals surface area (Å²) in [5, 5.41) is 2.61. The highest BCUT2D eigenvalue weighted by atomic mass is 16.5. The first-order chi connectivity index (χ1) is 12.5. The Morgan fingerprint density at radius 3 is 2.23 bits per heavy atom. The second-order valence-electron chi connectivity index (χ2n) is 5.60. The predicted molar refractivity (Wildman–Crippen MR) is 96.8 cm³/mol. The first-order valence-corrected chi connectivity index (χ1v) is 8.25. The number of anilines is 1. The Labute approximate surface area is 152 Å². The molecule has 0 radical (unpaired) electrons. The van der Waals surface area contributed by atoms with Crippen LogP contribution in [0.5, 0.6) is 0 Å². The molecule has 26 heavy (non-hydrogen) atoms. The third-order valence-electron chi connectivity index (χ3n) is 3.83. The molecule has 0 aliphatic heterocycles. The van der Waals surface area contributed by atoms with E-state index in [0.29, 0.717) is 17.7 Å². The standard InChI is InChI=1S/C20H21NO5/c1-3-17(14-7-5-4-6-8-14)20(24)26-13-18(22)21-16-11-9-15(10-12-16)19(23)25-2/h4-12,17H,3,13H2,1-2H3,(H,21,22). The molecule has 6 nitrogen and oxygen atoms in total. The van der Waals surface area contributed by atoms with Gasteiger partial charge in [0.25, 0.3) is 5.91 Å². The minimum Gasteiger partial charge on any atom is -0.465 e. The average Bonchev–Trinajstić information content (AvgIpc) is 2.68. The lowest BCUT2D eigenvalue weighted by molar-refractivity contribution is -0.149. The first kappa shape index (κ1) is 19.2. The summed E-state index contributed by atoms with van der Waals surface area (Å²) < 4.78 is 9.75. The largest absolute Gasteiger partial charge is 0.465 e. The normalized spacial score (nSPS) is 11.3. The van der Waals surface area contributed by atoms with Crippen molar-refractivity contribution in [3.63, 3.8) is 0 Å². The van der Waals surface area contributed by atoms with Crippen LogP contribution in [-0.4, -0.2) is 31.6 Å². The fraction of sp³-hybridized carbons (Fsp3) is 0.250. The van der Waals surface area contributed by atoms with E-state index >= 15 is 0 Å². The maximum Gasteiger partial charge on any atom is 0.337 e. The fourth-order valence-electron chi connectivity index (χ4n) is 2.47. The van der Waals surface area contributed by atoms with Crippen molar-refractivity contribution in [1.82, 2.24) is 0 Å². The second kappa shape index (κ2) is 9.36. The monoisotopic (exact) mass is 355 g/mol. The van der Waals surface area contributed by atoms with Gasteiger partial charge in [-0.3, -0.25) is 9.59 Å². The third-order valence-corrected chi connectivity index (χ3v) is 3.83. The Morgan fingerprint density at radius 1 is 1.00 bits per heavy atom. The number of methoxy groups -OCH3 is 1. The second-order valence-corrected chi connectivity index (χ2v) is 5.60. The molecule has 0 aliphatic rings. The topological polar surface area (TPSA) is 81.7 Å². The van der Waals surface area contributed by atoms with Crippen molar-refractivity contribution in [2.75, 3.05) is 19.0 Å². The molecule has 0 bridgehead atoms. The Kier molecular flexibility index (Phi) is 6.91. The van der Waals surface area contributed by atoms with Crippen LogP contribution in [0, 0.1) is 0 Å². The van der Waals surface area contributed by atoms with Gasteiger partial charge in [-0.05, 0) is 36.2 Å². The summed E-state index contributed by atoms with van der Waals surface area (Å²) in [5.74, 6) is -1.74. The Hall–Kier alpha value is -3.15. The molecule has 1 atom stereocenters. The number of hydrogen-bond donors (Lipinski definition) is 1. The van der Waals surface area contributed by atoms with Crippen LogP contribution >= 0.6 is 0 Å². The van der Waals surface area contributed by atoms with Crippen molar-refractivity contribution in [3.05, 3.63) is 65.7 Å². The number of rotatable bonds is 7. The molecule has 0 saturated heterocycles. The van der Waals surface area contributed by atoms with Gasteiger partial charge in [-0.25, -0.2) is 4.79 Å². The summed E-state index contributed by atoms with van der Waals surface area (Å²) in [6.07, 6.45) is 0.583. The highest BCUT2D eigenvalue weighted by molar-refractivity contribution is 5.94. The zero-order valence-corrected chi connectivity index (χ0v) is 14.7. The molecule has 0 aromatic heterocycles. The van der Waals surface area contributed by atoms with Crippen LogP contribution in [0.25, 0.3) is 0 Å². The van der Waals surface area contributed by atoms with Crippen LogP contribution in [0.15, 0.2) is 54.6 Å². The lowest BCUT2D eigenvalue weighted by atomic mass is 9.97. The van der Waals surface area contributed by atoms with Crippen LogP contribution in [0.4, 0.5) is 5.69 Å². The van der Waals surface area contributed by atoms with E-state index in [-0.39, 0.29) is 6.61 Å². The number of hydrogen-bond acceptors (Lipinski definition) is 5. The molecule has 0 heterocycles. The Bertz CT molecular complexity index is 756. The number of esters is 2. The number of benzene rings is 2. The summed E-state index contributed by atoms with van der Waals surface area (Å²) in [6, 6.07) is 15.5. The maximum atomic E-state index is 12.2. The summed E-state index contributed by atoms with van der Waals surface area (Å²) in [6.45, 7) is 1.52. The number of ether oxygens (including phenoxy) is 2. The fourth-order valence-corrected chi connectivity index (χ4v) is 2.47. The molecule has 136 valence electrons.